The molecule has 0 bridgehead atoms. The van der Waals surface area contributed by atoms with Gasteiger partial charge in [-0.15, -0.1) is 0 Å². The molecule has 2 aromatic carbocycles. The van der Waals surface area contributed by atoms with Gasteiger partial charge >= 0.3 is 0 Å². The zero-order valence-electron chi connectivity index (χ0n) is 12.9. The van der Waals surface area contributed by atoms with E-state index in [1.807, 2.05) is 18.2 Å². The standard InChI is InChI=1S/C19H10FN5/c20-12-5-3-4-11(8-12)17-13(9-21)18(23)25-16-7-2-1-6-15(16)24-19(25)14(17)10-22/h1-8H,23H2. The van der Waals surface area contributed by atoms with Crippen LogP contribution in [0.1, 0.15) is 11.1 Å². The van der Waals surface area contributed by atoms with Gasteiger partial charge in [0.1, 0.15) is 34.9 Å². The number of hydrogen-bond acceptors (Lipinski definition) is 4. The highest BCUT2D eigenvalue weighted by Crippen LogP contribution is 2.35. The van der Waals surface area contributed by atoms with E-state index in [1.165, 1.54) is 18.2 Å². The Kier molecular flexibility index (Phi) is 3.13. The van der Waals surface area contributed by atoms with Crippen LogP contribution < -0.4 is 5.73 Å². The fourth-order valence-corrected chi connectivity index (χ4v) is 3.07. The molecule has 0 fully saturated rings. The number of para-hydroxylation sites is 2. The normalized spacial score (nSPS) is 10.7. The number of nitriles is 2. The Balaban J connectivity index is 2.26. The molecule has 118 valence electrons. The number of nitrogens with two attached hydrogens (primary N) is 1. The van der Waals surface area contributed by atoms with Gasteiger partial charge in [-0.2, -0.15) is 10.5 Å². The molecule has 0 unspecified atom stereocenters. The van der Waals surface area contributed by atoms with Crippen molar-refractivity contribution in [1.29, 1.82) is 10.5 Å². The molecular formula is C19H10FN5. The second-order valence-corrected chi connectivity index (χ2v) is 5.50. The van der Waals surface area contributed by atoms with E-state index in [0.29, 0.717) is 27.8 Å². The molecule has 4 aromatic rings. The topological polar surface area (TPSA) is 90.9 Å². The molecule has 0 radical (unpaired) electrons. The van der Waals surface area contributed by atoms with Gasteiger partial charge in [-0.25, -0.2) is 9.37 Å². The monoisotopic (exact) mass is 327 g/mol. The summed E-state index contributed by atoms with van der Waals surface area (Å²) in [6.07, 6.45) is 0. The predicted octanol–water partition coefficient (Wildman–Crippen LogP) is 3.62. The highest BCUT2D eigenvalue weighted by atomic mass is 19.1. The van der Waals surface area contributed by atoms with Gasteiger partial charge in [0.2, 0.25) is 0 Å². The number of imidazole rings is 1. The number of pyridine rings is 1. The summed E-state index contributed by atoms with van der Waals surface area (Å²) in [5.41, 5.74) is 8.96. The van der Waals surface area contributed by atoms with E-state index in [0.717, 1.165) is 0 Å². The number of nitrogens with zero attached hydrogens (tertiary/aromatic N) is 4. The summed E-state index contributed by atoms with van der Waals surface area (Å²) in [6, 6.07) is 17.2. The van der Waals surface area contributed by atoms with Crippen LogP contribution in [0.3, 0.4) is 0 Å². The molecule has 2 N–H and O–H groups in total. The number of nitrogen functional groups attached to an aromatic ring is 1. The highest BCUT2D eigenvalue weighted by Gasteiger charge is 2.22. The fraction of sp³-hybridized carbons (Fsp3) is 0. The SMILES string of the molecule is N#Cc1c(-c2cccc(F)c2)c(C#N)c2nc3ccccc3n2c1N. The summed E-state index contributed by atoms with van der Waals surface area (Å²) in [7, 11) is 0. The Morgan fingerprint density at radius 2 is 1.76 bits per heavy atom. The Hall–Kier alpha value is -3.90. The third-order valence-electron chi connectivity index (χ3n) is 4.12. The second-order valence-electron chi connectivity index (χ2n) is 5.50. The van der Waals surface area contributed by atoms with E-state index in [2.05, 4.69) is 17.1 Å². The van der Waals surface area contributed by atoms with E-state index in [4.69, 9.17) is 5.73 Å². The third-order valence-corrected chi connectivity index (χ3v) is 4.12. The van der Waals surface area contributed by atoms with Crippen LogP contribution in [0.15, 0.2) is 48.5 Å². The molecule has 4 rings (SSSR count). The van der Waals surface area contributed by atoms with Crippen LogP contribution in [0.25, 0.3) is 27.8 Å². The van der Waals surface area contributed by atoms with Gasteiger partial charge < -0.3 is 5.73 Å². The lowest BCUT2D eigenvalue weighted by Crippen LogP contribution is -2.05. The van der Waals surface area contributed by atoms with Gasteiger partial charge in [-0.1, -0.05) is 24.3 Å². The molecule has 0 aliphatic carbocycles. The van der Waals surface area contributed by atoms with Crippen molar-refractivity contribution < 1.29 is 4.39 Å². The second kappa shape index (κ2) is 5.33. The molecule has 0 amide bonds. The zero-order valence-corrected chi connectivity index (χ0v) is 12.9. The summed E-state index contributed by atoms with van der Waals surface area (Å²) >= 11 is 0. The molecule has 2 aromatic heterocycles. The molecule has 25 heavy (non-hydrogen) atoms. The first-order valence-electron chi connectivity index (χ1n) is 7.44. The average Bonchev–Trinajstić information content (AvgIpc) is 3.01. The van der Waals surface area contributed by atoms with Crippen molar-refractivity contribution in [3.05, 3.63) is 65.5 Å². The summed E-state index contributed by atoms with van der Waals surface area (Å²) in [4.78, 5) is 4.49. The number of benzene rings is 2. The molecule has 6 heteroatoms. The maximum atomic E-state index is 13.7. The molecule has 0 aliphatic rings. The Labute approximate surface area is 142 Å². The van der Waals surface area contributed by atoms with Gasteiger partial charge in [0.25, 0.3) is 0 Å². The number of anilines is 1. The lowest BCUT2D eigenvalue weighted by Gasteiger charge is -2.12. The lowest BCUT2D eigenvalue weighted by atomic mass is 9.96. The molecule has 2 heterocycles. The highest BCUT2D eigenvalue weighted by molar-refractivity contribution is 5.92. The van der Waals surface area contributed by atoms with Gasteiger partial charge in [-0.05, 0) is 29.8 Å². The number of rotatable bonds is 1. The molecule has 0 saturated heterocycles. The Morgan fingerprint density at radius 1 is 1.00 bits per heavy atom. The summed E-state index contributed by atoms with van der Waals surface area (Å²) in [5, 5.41) is 19.4. The average molecular weight is 327 g/mol. The van der Waals surface area contributed by atoms with Crippen molar-refractivity contribution in [3.8, 4) is 23.3 Å². The maximum absolute atomic E-state index is 13.7. The van der Waals surface area contributed by atoms with Crippen molar-refractivity contribution in [2.75, 3.05) is 5.73 Å². The molecule has 0 aliphatic heterocycles. The smallest absolute Gasteiger partial charge is 0.158 e. The Morgan fingerprint density at radius 3 is 2.48 bits per heavy atom. The zero-order chi connectivity index (χ0) is 17.6. The third kappa shape index (κ3) is 2.02. The number of fused-ring (bicyclic) bond motifs is 3. The minimum atomic E-state index is -0.461. The summed E-state index contributed by atoms with van der Waals surface area (Å²) < 4.78 is 15.3. The van der Waals surface area contributed by atoms with E-state index in [-0.39, 0.29) is 16.9 Å². The van der Waals surface area contributed by atoms with Crippen molar-refractivity contribution >= 4 is 22.5 Å². The molecule has 0 atom stereocenters. The van der Waals surface area contributed by atoms with Crippen LogP contribution in [-0.2, 0) is 0 Å². The fourth-order valence-electron chi connectivity index (χ4n) is 3.07. The van der Waals surface area contributed by atoms with Gasteiger partial charge in [0, 0.05) is 5.56 Å². The van der Waals surface area contributed by atoms with E-state index in [9.17, 15) is 14.9 Å². The number of halogens is 1. The molecule has 5 nitrogen and oxygen atoms in total. The number of aromatic nitrogens is 2. The van der Waals surface area contributed by atoms with Gasteiger partial charge in [-0.3, -0.25) is 4.40 Å². The summed E-state index contributed by atoms with van der Waals surface area (Å²) in [5.74, 6) is -0.290. The van der Waals surface area contributed by atoms with Gasteiger partial charge in [0.05, 0.1) is 11.0 Å². The molecule has 0 saturated carbocycles. The number of hydrogen-bond donors (Lipinski definition) is 1. The minimum absolute atomic E-state index is 0.123. The van der Waals surface area contributed by atoms with Crippen molar-refractivity contribution in [3.63, 3.8) is 0 Å². The largest absolute Gasteiger partial charge is 0.384 e. The molecule has 0 spiro atoms. The van der Waals surface area contributed by atoms with Crippen LogP contribution in [0.5, 0.6) is 0 Å². The van der Waals surface area contributed by atoms with Crippen LogP contribution in [-0.4, -0.2) is 9.38 Å². The van der Waals surface area contributed by atoms with E-state index in [1.54, 1.807) is 16.5 Å². The minimum Gasteiger partial charge on any atom is -0.384 e. The van der Waals surface area contributed by atoms with Crippen LogP contribution in [0.4, 0.5) is 10.2 Å². The van der Waals surface area contributed by atoms with Crippen molar-refractivity contribution in [2.24, 2.45) is 0 Å². The predicted molar refractivity (Wildman–Crippen MR) is 91.9 cm³/mol. The first kappa shape index (κ1) is 14.7. The summed E-state index contributed by atoms with van der Waals surface area (Å²) in [6.45, 7) is 0. The van der Waals surface area contributed by atoms with Crippen LogP contribution >= 0.6 is 0 Å². The maximum Gasteiger partial charge on any atom is 0.158 e. The first-order valence-corrected chi connectivity index (χ1v) is 7.44. The van der Waals surface area contributed by atoms with E-state index < -0.39 is 5.82 Å². The first-order chi connectivity index (χ1) is 12.2. The molecular weight excluding hydrogens is 317 g/mol. The lowest BCUT2D eigenvalue weighted by molar-refractivity contribution is 0.628. The van der Waals surface area contributed by atoms with Crippen LogP contribution in [0, 0.1) is 28.5 Å². The van der Waals surface area contributed by atoms with Crippen molar-refractivity contribution in [1.82, 2.24) is 9.38 Å². The van der Waals surface area contributed by atoms with Crippen molar-refractivity contribution in [2.45, 2.75) is 0 Å². The van der Waals surface area contributed by atoms with Crippen LogP contribution in [0.2, 0.25) is 0 Å². The van der Waals surface area contributed by atoms with E-state index >= 15 is 0 Å². The quantitative estimate of drug-likeness (QED) is 0.578. The Bertz CT molecular complexity index is 1240. The van der Waals surface area contributed by atoms with Gasteiger partial charge in [0.15, 0.2) is 5.65 Å².